The van der Waals surface area contributed by atoms with E-state index in [1.807, 2.05) is 0 Å². The second-order valence-electron chi connectivity index (χ2n) is 7.16. The van der Waals surface area contributed by atoms with Crippen molar-refractivity contribution in [2.45, 2.75) is 0 Å². The molecule has 188 valence electrons. The fourth-order valence-electron chi connectivity index (χ4n) is 3.28. The Bertz CT molecular complexity index is 1330. The highest BCUT2D eigenvalue weighted by Gasteiger charge is 2.16. The maximum absolute atomic E-state index is 10.9. The van der Waals surface area contributed by atoms with Gasteiger partial charge in [0.25, 0.3) is 22.7 Å². The number of rotatable bonds is 6. The van der Waals surface area contributed by atoms with E-state index in [2.05, 4.69) is 0 Å². The number of hydrogen-bond donors (Lipinski definition) is 0. The molecular formula is C24H18N4O9. The van der Waals surface area contributed by atoms with E-state index in [1.165, 1.54) is 60.7 Å². The molecule has 0 saturated heterocycles. The lowest BCUT2D eigenvalue weighted by Crippen LogP contribution is -1.92. The summed E-state index contributed by atoms with van der Waals surface area (Å²) in [6.07, 6.45) is 0. The van der Waals surface area contributed by atoms with Gasteiger partial charge in [-0.1, -0.05) is 24.3 Å². The number of nitro benzene ring substituents is 4. The van der Waals surface area contributed by atoms with Crippen LogP contribution in [0.4, 0.5) is 22.7 Å². The molecule has 37 heavy (non-hydrogen) atoms. The first-order valence-corrected chi connectivity index (χ1v) is 10.2. The van der Waals surface area contributed by atoms with Crippen LogP contribution in [0.1, 0.15) is 0 Å². The molecule has 4 aromatic rings. The minimum atomic E-state index is -0.511. The summed E-state index contributed by atoms with van der Waals surface area (Å²) in [6, 6.07) is 23.8. The van der Waals surface area contributed by atoms with Crippen LogP contribution in [0.15, 0.2) is 97.1 Å². The van der Waals surface area contributed by atoms with E-state index in [4.69, 9.17) is 0 Å². The van der Waals surface area contributed by atoms with Crippen molar-refractivity contribution in [2.75, 3.05) is 0 Å². The third kappa shape index (κ3) is 6.74. The van der Waals surface area contributed by atoms with Crippen LogP contribution in [0.2, 0.25) is 0 Å². The van der Waals surface area contributed by atoms with E-state index in [1.54, 1.807) is 36.4 Å². The van der Waals surface area contributed by atoms with Crippen LogP contribution in [0.3, 0.4) is 0 Å². The van der Waals surface area contributed by atoms with Gasteiger partial charge in [-0.15, -0.1) is 0 Å². The Morgan fingerprint density at radius 3 is 0.973 bits per heavy atom. The molecule has 0 aliphatic carbocycles. The van der Waals surface area contributed by atoms with Crippen molar-refractivity contribution in [3.8, 4) is 22.3 Å². The SMILES string of the molecule is O.O=[N+]([O-])c1ccc(-c2ccccc2[N+](=O)[O-])cc1.O=[N+]([O-])c1ccc(-c2ccccc2[N+](=O)[O-])cc1. The van der Waals surface area contributed by atoms with E-state index in [0.717, 1.165) is 0 Å². The molecule has 0 saturated carbocycles. The summed E-state index contributed by atoms with van der Waals surface area (Å²) < 4.78 is 0. The monoisotopic (exact) mass is 506 g/mol. The van der Waals surface area contributed by atoms with Gasteiger partial charge in [0.05, 0.1) is 30.8 Å². The lowest BCUT2D eigenvalue weighted by atomic mass is 10.0. The molecule has 13 heteroatoms. The third-order valence-corrected chi connectivity index (χ3v) is 4.98. The summed E-state index contributed by atoms with van der Waals surface area (Å²) >= 11 is 0. The summed E-state index contributed by atoms with van der Waals surface area (Å²) in [5.41, 5.74) is 1.91. The lowest BCUT2D eigenvalue weighted by Gasteiger charge is -2.02. The van der Waals surface area contributed by atoms with Gasteiger partial charge in [-0.05, 0) is 47.5 Å². The molecule has 2 N–H and O–H groups in total. The van der Waals surface area contributed by atoms with E-state index >= 15 is 0 Å². The predicted molar refractivity (Wildman–Crippen MR) is 134 cm³/mol. The molecule has 4 rings (SSSR count). The maximum atomic E-state index is 10.9. The Labute approximate surface area is 208 Å². The second kappa shape index (κ2) is 12.2. The molecule has 0 bridgehead atoms. The summed E-state index contributed by atoms with van der Waals surface area (Å²) in [7, 11) is 0. The highest BCUT2D eigenvalue weighted by Crippen LogP contribution is 2.31. The lowest BCUT2D eigenvalue weighted by molar-refractivity contribution is -0.385. The first-order valence-electron chi connectivity index (χ1n) is 10.2. The minimum Gasteiger partial charge on any atom is -0.412 e. The fraction of sp³-hybridized carbons (Fsp3) is 0. The summed E-state index contributed by atoms with van der Waals surface area (Å²) in [6.45, 7) is 0. The molecule has 0 aliphatic rings. The van der Waals surface area contributed by atoms with Crippen LogP contribution >= 0.6 is 0 Å². The van der Waals surface area contributed by atoms with Crippen molar-refractivity contribution in [3.63, 3.8) is 0 Å². The molecule has 0 radical (unpaired) electrons. The third-order valence-electron chi connectivity index (χ3n) is 4.98. The van der Waals surface area contributed by atoms with Gasteiger partial charge in [0, 0.05) is 36.4 Å². The smallest absolute Gasteiger partial charge is 0.277 e. The van der Waals surface area contributed by atoms with Gasteiger partial charge in [-0.2, -0.15) is 0 Å². The number of nitro groups is 4. The van der Waals surface area contributed by atoms with Crippen molar-refractivity contribution >= 4 is 22.7 Å². The molecule has 0 atom stereocenters. The minimum absolute atomic E-state index is 0. The van der Waals surface area contributed by atoms with Gasteiger partial charge in [-0.25, -0.2) is 0 Å². The van der Waals surface area contributed by atoms with Crippen LogP contribution in [0.25, 0.3) is 22.3 Å². The quantitative estimate of drug-likeness (QED) is 0.240. The van der Waals surface area contributed by atoms with Gasteiger partial charge < -0.3 is 5.48 Å². The van der Waals surface area contributed by atoms with Crippen molar-refractivity contribution in [1.29, 1.82) is 0 Å². The van der Waals surface area contributed by atoms with Crippen molar-refractivity contribution in [3.05, 3.63) is 138 Å². The molecule has 0 heterocycles. The van der Waals surface area contributed by atoms with Crippen molar-refractivity contribution < 1.29 is 25.2 Å². The summed E-state index contributed by atoms with van der Waals surface area (Å²) in [5.74, 6) is 0. The topological polar surface area (TPSA) is 204 Å². The Morgan fingerprint density at radius 2 is 0.703 bits per heavy atom. The molecule has 0 aromatic heterocycles. The number of benzene rings is 4. The number of hydrogen-bond acceptors (Lipinski definition) is 8. The standard InChI is InChI=1S/2C12H8N2O4.H2O/c2*15-13(16)10-7-5-9(6-8-10)11-3-1-2-4-12(11)14(17)18;/h2*1-8H;1H2. The van der Waals surface area contributed by atoms with E-state index in [-0.39, 0.29) is 28.2 Å². The highest BCUT2D eigenvalue weighted by molar-refractivity contribution is 5.74. The Kier molecular flexibility index (Phi) is 9.15. The Balaban J connectivity index is 0.000000253. The van der Waals surface area contributed by atoms with Crippen molar-refractivity contribution in [1.82, 2.24) is 0 Å². The van der Waals surface area contributed by atoms with E-state index in [9.17, 15) is 40.5 Å². The van der Waals surface area contributed by atoms with Crippen LogP contribution in [-0.4, -0.2) is 25.2 Å². The molecule has 0 fully saturated rings. The first-order chi connectivity index (χ1) is 17.2. The number of non-ortho nitro benzene ring substituents is 2. The second-order valence-corrected chi connectivity index (χ2v) is 7.16. The maximum Gasteiger partial charge on any atom is 0.277 e. The molecular weight excluding hydrogens is 488 g/mol. The van der Waals surface area contributed by atoms with Gasteiger partial charge in [-0.3, -0.25) is 40.5 Å². The number of para-hydroxylation sites is 2. The molecule has 13 nitrogen and oxygen atoms in total. The molecule has 0 amide bonds. The predicted octanol–water partition coefficient (Wildman–Crippen LogP) is 5.52. The average Bonchev–Trinajstić information content (AvgIpc) is 2.89. The fourth-order valence-corrected chi connectivity index (χ4v) is 3.28. The van der Waals surface area contributed by atoms with E-state index < -0.39 is 19.7 Å². The Morgan fingerprint density at radius 1 is 0.405 bits per heavy atom. The highest BCUT2D eigenvalue weighted by atomic mass is 16.6. The van der Waals surface area contributed by atoms with E-state index in [0.29, 0.717) is 22.3 Å². The Hall–Kier alpha value is -5.56. The van der Waals surface area contributed by atoms with Gasteiger partial charge in [0.2, 0.25) is 0 Å². The largest absolute Gasteiger partial charge is 0.412 e. The number of nitrogens with zero attached hydrogens (tertiary/aromatic N) is 4. The van der Waals surface area contributed by atoms with Crippen LogP contribution in [-0.2, 0) is 0 Å². The van der Waals surface area contributed by atoms with Crippen LogP contribution in [0, 0.1) is 40.5 Å². The molecule has 0 aliphatic heterocycles. The van der Waals surface area contributed by atoms with Crippen LogP contribution < -0.4 is 0 Å². The van der Waals surface area contributed by atoms with Crippen LogP contribution in [0.5, 0.6) is 0 Å². The van der Waals surface area contributed by atoms with Gasteiger partial charge >= 0.3 is 0 Å². The molecule has 0 spiro atoms. The zero-order valence-electron chi connectivity index (χ0n) is 18.8. The normalized spacial score (nSPS) is 9.73. The zero-order chi connectivity index (χ0) is 26.2. The average molecular weight is 506 g/mol. The summed E-state index contributed by atoms with van der Waals surface area (Å²) in [5, 5.41) is 42.8. The summed E-state index contributed by atoms with van der Waals surface area (Å²) in [4.78, 5) is 40.8. The zero-order valence-corrected chi connectivity index (χ0v) is 18.8. The molecule has 0 unspecified atom stereocenters. The van der Waals surface area contributed by atoms with Gasteiger partial charge in [0.15, 0.2) is 0 Å². The van der Waals surface area contributed by atoms with Gasteiger partial charge in [0.1, 0.15) is 0 Å². The molecule has 4 aromatic carbocycles. The van der Waals surface area contributed by atoms with Crippen molar-refractivity contribution in [2.24, 2.45) is 0 Å². The first kappa shape index (κ1) is 27.7.